The van der Waals surface area contributed by atoms with Crippen LogP contribution in [-0.2, 0) is 4.79 Å². The largest absolute Gasteiger partial charge is 0.481 e. The van der Waals surface area contributed by atoms with Crippen molar-refractivity contribution < 1.29 is 19.2 Å². The normalized spacial score (nSPS) is 14.1. The van der Waals surface area contributed by atoms with Gasteiger partial charge in [0.15, 0.2) is 0 Å². The van der Waals surface area contributed by atoms with Crippen molar-refractivity contribution in [2.24, 2.45) is 0 Å². The zero-order chi connectivity index (χ0) is 14.9. The molecule has 0 saturated heterocycles. The van der Waals surface area contributed by atoms with Crippen molar-refractivity contribution in [3.8, 4) is 0 Å². The molecule has 0 radical (unpaired) electrons. The van der Waals surface area contributed by atoms with Crippen molar-refractivity contribution in [1.82, 2.24) is 0 Å². The van der Waals surface area contributed by atoms with Crippen molar-refractivity contribution in [1.29, 1.82) is 0 Å². The number of nitro groups is 1. The second kappa shape index (κ2) is 5.74. The molecule has 1 aromatic rings. The van der Waals surface area contributed by atoms with Gasteiger partial charge in [0.25, 0.3) is 5.69 Å². The van der Waals surface area contributed by atoms with Crippen LogP contribution in [0.2, 0.25) is 0 Å². The SMILES string of the molecule is O=C(O)CCN(c1cc(Br)c(F)cc1[N+](=O)[O-])C1CC1. The zero-order valence-electron chi connectivity index (χ0n) is 10.4. The van der Waals surface area contributed by atoms with Crippen molar-refractivity contribution >= 4 is 33.3 Å². The standard InChI is InChI=1S/C12H12BrFN2O4/c13-8-5-10(11(16(19)20)6-9(8)14)15(7-1-2-7)4-3-12(17)18/h5-7H,1-4H2,(H,17,18). The molecule has 0 atom stereocenters. The number of nitrogens with zero attached hydrogens (tertiary/aromatic N) is 2. The monoisotopic (exact) mass is 346 g/mol. The van der Waals surface area contributed by atoms with E-state index in [0.29, 0.717) is 0 Å². The van der Waals surface area contributed by atoms with Crippen LogP contribution >= 0.6 is 15.9 Å². The number of rotatable bonds is 6. The van der Waals surface area contributed by atoms with Gasteiger partial charge in [-0.25, -0.2) is 4.39 Å². The molecule has 0 bridgehead atoms. The van der Waals surface area contributed by atoms with Crippen LogP contribution in [0.15, 0.2) is 16.6 Å². The molecular weight excluding hydrogens is 335 g/mol. The fraction of sp³-hybridized carbons (Fsp3) is 0.417. The van der Waals surface area contributed by atoms with E-state index in [-0.39, 0.29) is 34.9 Å². The van der Waals surface area contributed by atoms with Gasteiger partial charge in [0.2, 0.25) is 0 Å². The molecular formula is C12H12BrFN2O4. The third-order valence-corrected chi connectivity index (χ3v) is 3.69. The van der Waals surface area contributed by atoms with E-state index >= 15 is 0 Å². The molecule has 0 aromatic heterocycles. The molecule has 0 unspecified atom stereocenters. The van der Waals surface area contributed by atoms with E-state index in [9.17, 15) is 19.3 Å². The Labute approximate surface area is 122 Å². The summed E-state index contributed by atoms with van der Waals surface area (Å²) in [6, 6.07) is 2.29. The Morgan fingerprint density at radius 2 is 2.20 bits per heavy atom. The van der Waals surface area contributed by atoms with Gasteiger partial charge in [0.1, 0.15) is 11.5 Å². The predicted molar refractivity (Wildman–Crippen MR) is 73.4 cm³/mol. The first-order valence-corrected chi connectivity index (χ1v) is 6.81. The lowest BCUT2D eigenvalue weighted by molar-refractivity contribution is -0.384. The fourth-order valence-electron chi connectivity index (χ4n) is 2.00. The van der Waals surface area contributed by atoms with Crippen LogP contribution in [0.1, 0.15) is 19.3 Å². The molecule has 1 N–H and O–H groups in total. The summed E-state index contributed by atoms with van der Waals surface area (Å²) in [7, 11) is 0. The van der Waals surface area contributed by atoms with E-state index in [1.807, 2.05) is 0 Å². The van der Waals surface area contributed by atoms with E-state index in [1.54, 1.807) is 4.90 Å². The summed E-state index contributed by atoms with van der Waals surface area (Å²) >= 11 is 3.01. The maximum Gasteiger partial charge on any atom is 0.305 e. The van der Waals surface area contributed by atoms with Crippen LogP contribution in [0.3, 0.4) is 0 Å². The minimum atomic E-state index is -0.973. The van der Waals surface area contributed by atoms with Gasteiger partial charge in [0.05, 0.1) is 21.9 Å². The Kier molecular flexibility index (Phi) is 4.22. The topological polar surface area (TPSA) is 83.7 Å². The number of hydrogen-bond acceptors (Lipinski definition) is 4. The molecule has 0 spiro atoms. The smallest absolute Gasteiger partial charge is 0.305 e. The number of carbonyl (C=O) groups is 1. The number of aliphatic carboxylic acids is 1. The van der Waals surface area contributed by atoms with Crippen LogP contribution in [-0.4, -0.2) is 28.6 Å². The van der Waals surface area contributed by atoms with Gasteiger partial charge in [0, 0.05) is 12.6 Å². The third kappa shape index (κ3) is 3.24. The molecule has 20 heavy (non-hydrogen) atoms. The Morgan fingerprint density at radius 3 is 2.70 bits per heavy atom. The summed E-state index contributed by atoms with van der Waals surface area (Å²) in [5.74, 6) is -1.69. The minimum absolute atomic E-state index is 0.0883. The first kappa shape index (κ1) is 14.7. The third-order valence-electron chi connectivity index (χ3n) is 3.08. The molecule has 0 amide bonds. The van der Waals surface area contributed by atoms with Crippen molar-refractivity contribution in [2.45, 2.75) is 25.3 Å². The summed E-state index contributed by atoms with van der Waals surface area (Å²) in [6.45, 7) is 0.166. The van der Waals surface area contributed by atoms with E-state index in [4.69, 9.17) is 5.11 Å². The van der Waals surface area contributed by atoms with E-state index in [2.05, 4.69) is 15.9 Å². The molecule has 8 heteroatoms. The number of nitro benzene ring substituents is 1. The highest BCUT2D eigenvalue weighted by Gasteiger charge is 2.33. The number of carboxylic acid groups (broad SMARTS) is 1. The maximum atomic E-state index is 13.4. The lowest BCUT2D eigenvalue weighted by atomic mass is 10.2. The number of hydrogen-bond donors (Lipinski definition) is 1. The van der Waals surface area contributed by atoms with Crippen LogP contribution in [0.5, 0.6) is 0 Å². The van der Waals surface area contributed by atoms with Crippen molar-refractivity contribution in [3.05, 3.63) is 32.5 Å². The van der Waals surface area contributed by atoms with Gasteiger partial charge in [-0.15, -0.1) is 0 Å². The number of benzene rings is 1. The average Bonchev–Trinajstić information content (AvgIpc) is 3.17. The fourth-order valence-corrected chi connectivity index (χ4v) is 2.34. The van der Waals surface area contributed by atoms with Gasteiger partial charge in [-0.05, 0) is 34.8 Å². The predicted octanol–water partition coefficient (Wildman–Crippen LogP) is 2.94. The minimum Gasteiger partial charge on any atom is -0.481 e. The highest BCUT2D eigenvalue weighted by atomic mass is 79.9. The number of halogens is 2. The lowest BCUT2D eigenvalue weighted by Crippen LogP contribution is -2.29. The zero-order valence-corrected chi connectivity index (χ0v) is 12.0. The van der Waals surface area contributed by atoms with E-state index in [0.717, 1.165) is 18.9 Å². The van der Waals surface area contributed by atoms with Gasteiger partial charge in [-0.3, -0.25) is 14.9 Å². The summed E-state index contributed by atoms with van der Waals surface area (Å²) in [5, 5.41) is 19.8. The second-order valence-electron chi connectivity index (χ2n) is 4.58. The first-order valence-electron chi connectivity index (χ1n) is 6.02. The van der Waals surface area contributed by atoms with Crippen LogP contribution in [0, 0.1) is 15.9 Å². The highest BCUT2D eigenvalue weighted by molar-refractivity contribution is 9.10. The van der Waals surface area contributed by atoms with Gasteiger partial charge in [-0.1, -0.05) is 0 Å². The number of anilines is 1. The first-order chi connectivity index (χ1) is 9.40. The second-order valence-corrected chi connectivity index (χ2v) is 5.43. The molecule has 1 aliphatic rings. The Morgan fingerprint density at radius 1 is 1.55 bits per heavy atom. The van der Waals surface area contributed by atoms with E-state index < -0.39 is 16.7 Å². The molecule has 1 saturated carbocycles. The molecule has 6 nitrogen and oxygen atoms in total. The quantitative estimate of drug-likeness (QED) is 0.632. The average molecular weight is 347 g/mol. The molecule has 0 aliphatic heterocycles. The van der Waals surface area contributed by atoms with Crippen LogP contribution in [0.25, 0.3) is 0 Å². The van der Waals surface area contributed by atoms with Gasteiger partial charge < -0.3 is 10.0 Å². The maximum absolute atomic E-state index is 13.4. The summed E-state index contributed by atoms with van der Waals surface area (Å²) in [4.78, 5) is 22.8. The molecule has 2 rings (SSSR count). The summed E-state index contributed by atoms with van der Waals surface area (Å²) < 4.78 is 13.6. The van der Waals surface area contributed by atoms with E-state index in [1.165, 1.54) is 6.07 Å². The molecule has 0 heterocycles. The number of carboxylic acids is 1. The molecule has 1 fully saturated rings. The van der Waals surface area contributed by atoms with Crippen LogP contribution < -0.4 is 4.90 Å². The molecule has 1 aromatic carbocycles. The summed E-state index contributed by atoms with van der Waals surface area (Å²) in [6.07, 6.45) is 1.58. The Hall–Kier alpha value is -1.70. The molecule has 108 valence electrons. The van der Waals surface area contributed by atoms with Crippen molar-refractivity contribution in [2.75, 3.05) is 11.4 Å². The highest BCUT2D eigenvalue weighted by Crippen LogP contribution is 2.39. The Balaban J connectivity index is 2.38. The Bertz CT molecular complexity index is 563. The lowest BCUT2D eigenvalue weighted by Gasteiger charge is -2.24. The van der Waals surface area contributed by atoms with Crippen molar-refractivity contribution in [3.63, 3.8) is 0 Å². The van der Waals surface area contributed by atoms with Crippen LogP contribution in [0.4, 0.5) is 15.8 Å². The van der Waals surface area contributed by atoms with Gasteiger partial charge in [-0.2, -0.15) is 0 Å². The molecule has 1 aliphatic carbocycles. The van der Waals surface area contributed by atoms with Gasteiger partial charge >= 0.3 is 5.97 Å². The summed E-state index contributed by atoms with van der Waals surface area (Å²) in [5.41, 5.74) is -0.0880.